The van der Waals surface area contributed by atoms with Gasteiger partial charge in [0.2, 0.25) is 0 Å². The molecule has 1 heterocycles. The minimum absolute atomic E-state index is 0.105. The van der Waals surface area contributed by atoms with Crippen molar-refractivity contribution in [2.75, 3.05) is 0 Å². The van der Waals surface area contributed by atoms with Gasteiger partial charge < -0.3 is 0 Å². The molecule has 0 aliphatic rings. The Morgan fingerprint density at radius 2 is 2.23 bits per heavy atom. The van der Waals surface area contributed by atoms with Gasteiger partial charge in [0.1, 0.15) is 12.7 Å². The molecule has 0 aliphatic heterocycles. The summed E-state index contributed by atoms with van der Waals surface area (Å²) in [6, 6.07) is 2.56. The van der Waals surface area contributed by atoms with Gasteiger partial charge in [-0.3, -0.25) is 4.98 Å². The number of alkyl halides is 3. The maximum absolute atomic E-state index is 12.1. The Kier molecular flexibility index (Phi) is 2.85. The Morgan fingerprint density at radius 1 is 1.54 bits per heavy atom. The lowest BCUT2D eigenvalue weighted by Crippen LogP contribution is -1.95. The quantitative estimate of drug-likeness (QED) is 0.710. The topological polar surface area (TPSA) is 36.7 Å². The molecular formula is C8H5F3N2. The summed E-state index contributed by atoms with van der Waals surface area (Å²) in [6.45, 7) is -0.924. The highest BCUT2D eigenvalue weighted by Gasteiger charge is 2.11. The first-order valence-corrected chi connectivity index (χ1v) is 3.42. The van der Waals surface area contributed by atoms with Crippen molar-refractivity contribution in [1.29, 1.82) is 5.26 Å². The molecule has 0 saturated heterocycles. The summed E-state index contributed by atoms with van der Waals surface area (Å²) in [5, 5.41) is 8.45. The zero-order chi connectivity index (χ0) is 9.84. The fourth-order valence-corrected chi connectivity index (χ4v) is 0.832. The second kappa shape index (κ2) is 3.90. The summed E-state index contributed by atoms with van der Waals surface area (Å²) < 4.78 is 36.3. The third kappa shape index (κ3) is 1.96. The second-order valence-electron chi connectivity index (χ2n) is 2.31. The van der Waals surface area contributed by atoms with Crippen LogP contribution in [0, 0.1) is 11.3 Å². The number of halogens is 3. The van der Waals surface area contributed by atoms with Crippen LogP contribution in [-0.2, 0) is 6.67 Å². The lowest BCUT2D eigenvalue weighted by molar-refractivity contribution is 0.151. The molecule has 68 valence electrons. The average molecular weight is 186 g/mol. The monoisotopic (exact) mass is 186 g/mol. The molecule has 0 aliphatic carbocycles. The third-order valence-corrected chi connectivity index (χ3v) is 1.49. The molecule has 0 saturated carbocycles. The van der Waals surface area contributed by atoms with E-state index in [9.17, 15) is 13.2 Å². The highest BCUT2D eigenvalue weighted by atomic mass is 19.3. The van der Waals surface area contributed by atoms with Gasteiger partial charge in [-0.25, -0.2) is 13.2 Å². The van der Waals surface area contributed by atoms with E-state index in [1.165, 1.54) is 0 Å². The molecule has 0 spiro atoms. The average Bonchev–Trinajstić information content (AvgIpc) is 2.16. The first kappa shape index (κ1) is 9.52. The zero-order valence-electron chi connectivity index (χ0n) is 6.47. The van der Waals surface area contributed by atoms with Crippen LogP contribution < -0.4 is 0 Å². The number of nitrogens with zero attached hydrogens (tertiary/aromatic N) is 2. The summed E-state index contributed by atoms with van der Waals surface area (Å²) in [4.78, 5) is 3.41. The van der Waals surface area contributed by atoms with E-state index in [4.69, 9.17) is 5.26 Å². The minimum Gasteiger partial charge on any atom is -0.257 e. The van der Waals surface area contributed by atoms with E-state index in [0.29, 0.717) is 0 Å². The van der Waals surface area contributed by atoms with Crippen molar-refractivity contribution >= 4 is 0 Å². The van der Waals surface area contributed by atoms with Crippen LogP contribution in [0.2, 0.25) is 0 Å². The van der Waals surface area contributed by atoms with Crippen LogP contribution in [0.5, 0.6) is 0 Å². The van der Waals surface area contributed by atoms with Crippen LogP contribution in [0.3, 0.4) is 0 Å². The van der Waals surface area contributed by atoms with Gasteiger partial charge in [0.05, 0.1) is 11.3 Å². The van der Waals surface area contributed by atoms with Crippen LogP contribution in [0.1, 0.15) is 23.2 Å². The van der Waals surface area contributed by atoms with Crippen molar-refractivity contribution < 1.29 is 13.2 Å². The van der Waals surface area contributed by atoms with Gasteiger partial charge >= 0.3 is 0 Å². The Morgan fingerprint density at radius 3 is 2.69 bits per heavy atom. The fraction of sp³-hybridized carbons (Fsp3) is 0.250. The summed E-state index contributed by atoms with van der Waals surface area (Å²) >= 11 is 0. The molecule has 0 fully saturated rings. The molecule has 1 aromatic rings. The summed E-state index contributed by atoms with van der Waals surface area (Å²) in [5.74, 6) is 0. The van der Waals surface area contributed by atoms with Crippen molar-refractivity contribution in [3.05, 3.63) is 29.1 Å². The first-order chi connectivity index (χ1) is 6.19. The molecule has 5 heteroatoms. The molecule has 0 amide bonds. The van der Waals surface area contributed by atoms with Gasteiger partial charge in [-0.05, 0) is 6.07 Å². The first-order valence-electron chi connectivity index (χ1n) is 3.42. The maximum Gasteiger partial charge on any atom is 0.265 e. The standard InChI is InChI=1S/C8H5F3N2/c9-2-7-5(3-12)1-6(4-13-7)8(10)11/h1,4,8H,2H2. The largest absolute Gasteiger partial charge is 0.265 e. The van der Waals surface area contributed by atoms with Gasteiger partial charge in [-0.1, -0.05) is 0 Å². The van der Waals surface area contributed by atoms with E-state index < -0.39 is 13.1 Å². The number of pyridine rings is 1. The van der Waals surface area contributed by atoms with Gasteiger partial charge in [-0.2, -0.15) is 5.26 Å². The molecule has 13 heavy (non-hydrogen) atoms. The molecule has 0 unspecified atom stereocenters. The molecule has 0 N–H and O–H groups in total. The van der Waals surface area contributed by atoms with Crippen molar-refractivity contribution in [2.24, 2.45) is 0 Å². The number of hydrogen-bond acceptors (Lipinski definition) is 2. The maximum atomic E-state index is 12.1. The predicted octanol–water partition coefficient (Wildman–Crippen LogP) is 2.36. The minimum atomic E-state index is -2.69. The van der Waals surface area contributed by atoms with E-state index in [0.717, 1.165) is 12.3 Å². The SMILES string of the molecule is N#Cc1cc(C(F)F)cnc1CF. The molecule has 0 bridgehead atoms. The van der Waals surface area contributed by atoms with E-state index in [1.807, 2.05) is 0 Å². The van der Waals surface area contributed by atoms with Crippen molar-refractivity contribution in [1.82, 2.24) is 4.98 Å². The van der Waals surface area contributed by atoms with Crippen LogP contribution >= 0.6 is 0 Å². The Balaban J connectivity index is 3.15. The Hall–Kier alpha value is -1.57. The van der Waals surface area contributed by atoms with Crippen LogP contribution in [-0.4, -0.2) is 4.98 Å². The zero-order valence-corrected chi connectivity index (χ0v) is 6.47. The number of rotatable bonds is 2. The number of hydrogen-bond donors (Lipinski definition) is 0. The van der Waals surface area contributed by atoms with E-state index >= 15 is 0 Å². The highest BCUT2D eigenvalue weighted by Crippen LogP contribution is 2.19. The van der Waals surface area contributed by atoms with Crippen LogP contribution in [0.4, 0.5) is 13.2 Å². The number of nitriles is 1. The smallest absolute Gasteiger partial charge is 0.257 e. The molecule has 0 atom stereocenters. The third-order valence-electron chi connectivity index (χ3n) is 1.49. The van der Waals surface area contributed by atoms with Crippen LogP contribution in [0.15, 0.2) is 12.3 Å². The van der Waals surface area contributed by atoms with Crippen molar-refractivity contribution in [3.63, 3.8) is 0 Å². The highest BCUT2D eigenvalue weighted by molar-refractivity contribution is 5.35. The van der Waals surface area contributed by atoms with Gasteiger partial charge in [0.25, 0.3) is 6.43 Å². The predicted molar refractivity (Wildman–Crippen MR) is 38.7 cm³/mol. The lowest BCUT2D eigenvalue weighted by atomic mass is 10.1. The number of aromatic nitrogens is 1. The second-order valence-corrected chi connectivity index (χ2v) is 2.31. The van der Waals surface area contributed by atoms with Crippen molar-refractivity contribution in [3.8, 4) is 6.07 Å². The summed E-state index contributed by atoms with van der Waals surface area (Å²) in [6.07, 6.45) is -1.81. The van der Waals surface area contributed by atoms with E-state index in [1.54, 1.807) is 6.07 Å². The lowest BCUT2D eigenvalue weighted by Gasteiger charge is -2.01. The van der Waals surface area contributed by atoms with Crippen LogP contribution in [0.25, 0.3) is 0 Å². The Labute approximate surface area is 72.6 Å². The summed E-state index contributed by atoms with van der Waals surface area (Å²) in [5.41, 5.74) is -0.610. The van der Waals surface area contributed by atoms with Gasteiger partial charge in [0, 0.05) is 11.8 Å². The molecular weight excluding hydrogens is 181 g/mol. The van der Waals surface area contributed by atoms with Gasteiger partial charge in [-0.15, -0.1) is 0 Å². The fourth-order valence-electron chi connectivity index (χ4n) is 0.832. The van der Waals surface area contributed by atoms with E-state index in [-0.39, 0.29) is 16.8 Å². The van der Waals surface area contributed by atoms with E-state index in [2.05, 4.69) is 4.98 Å². The normalized spacial score (nSPS) is 10.1. The summed E-state index contributed by atoms with van der Waals surface area (Å²) in [7, 11) is 0. The molecule has 1 rings (SSSR count). The Bertz CT molecular complexity index is 344. The molecule has 0 radical (unpaired) electrons. The molecule has 2 nitrogen and oxygen atoms in total. The van der Waals surface area contributed by atoms with Gasteiger partial charge in [0.15, 0.2) is 0 Å². The molecule has 1 aromatic heterocycles. The van der Waals surface area contributed by atoms with Crippen molar-refractivity contribution in [2.45, 2.75) is 13.1 Å². The molecule has 0 aromatic carbocycles.